The van der Waals surface area contributed by atoms with Gasteiger partial charge in [-0.15, -0.1) is 0 Å². The van der Waals surface area contributed by atoms with Gasteiger partial charge in [-0.1, -0.05) is 26.8 Å². The van der Waals surface area contributed by atoms with Gasteiger partial charge >= 0.3 is 0 Å². The number of aliphatic hydroxyl groups excluding tert-OH is 1. The van der Waals surface area contributed by atoms with Crippen LogP contribution < -0.4 is 0 Å². The van der Waals surface area contributed by atoms with Gasteiger partial charge in [-0.3, -0.25) is 4.98 Å². The topological polar surface area (TPSA) is 55.2 Å². The van der Waals surface area contributed by atoms with Crippen LogP contribution in [0.4, 0.5) is 0 Å². The molecule has 2 rings (SSSR count). The molecule has 120 valence electrons. The fraction of sp³-hybridized carbons (Fsp3) is 0.529. The van der Waals surface area contributed by atoms with Gasteiger partial charge in [0.1, 0.15) is 0 Å². The summed E-state index contributed by atoms with van der Waals surface area (Å²) in [7, 11) is -1.79. The van der Waals surface area contributed by atoms with E-state index in [2.05, 4.69) is 43.8 Å². The molecule has 0 aliphatic carbocycles. The minimum atomic E-state index is -1.79. The van der Waals surface area contributed by atoms with Crippen LogP contribution in [-0.4, -0.2) is 23.4 Å². The lowest BCUT2D eigenvalue weighted by Gasteiger charge is -2.36. The van der Waals surface area contributed by atoms with Crippen molar-refractivity contribution in [1.82, 2.24) is 9.97 Å². The van der Waals surface area contributed by atoms with Crippen molar-refractivity contribution >= 4 is 19.4 Å². The lowest BCUT2D eigenvalue weighted by atomic mass is 10.1. The highest BCUT2D eigenvalue weighted by Gasteiger charge is 2.37. The second kappa shape index (κ2) is 6.06. The molecule has 1 N–H and O–H groups in total. The summed E-state index contributed by atoms with van der Waals surface area (Å²) in [4.78, 5) is 9.06. The molecule has 4 nitrogen and oxygen atoms in total. The maximum absolute atomic E-state index is 9.68. The first-order valence-electron chi connectivity index (χ1n) is 7.68. The predicted molar refractivity (Wildman–Crippen MR) is 92.2 cm³/mol. The van der Waals surface area contributed by atoms with Gasteiger partial charge in [0, 0.05) is 0 Å². The van der Waals surface area contributed by atoms with Crippen molar-refractivity contribution in [3.63, 3.8) is 0 Å². The Kier molecular flexibility index (Phi) is 4.70. The summed E-state index contributed by atoms with van der Waals surface area (Å²) < 4.78 is 6.19. The normalized spacial score (nSPS) is 14.3. The summed E-state index contributed by atoms with van der Waals surface area (Å²) in [6.07, 6.45) is 1.27. The van der Waals surface area contributed by atoms with Gasteiger partial charge in [-0.2, -0.15) is 0 Å². The number of rotatable bonds is 4. The minimum absolute atomic E-state index is 0.177. The zero-order chi connectivity index (χ0) is 16.5. The monoisotopic (exact) mass is 318 g/mol. The van der Waals surface area contributed by atoms with Gasteiger partial charge in [-0.25, -0.2) is 4.98 Å². The van der Waals surface area contributed by atoms with Crippen LogP contribution in [0.5, 0.6) is 0 Å². The van der Waals surface area contributed by atoms with Gasteiger partial charge < -0.3 is 9.53 Å². The van der Waals surface area contributed by atoms with Crippen molar-refractivity contribution in [2.75, 3.05) is 0 Å². The molecule has 0 aliphatic rings. The molecule has 1 aromatic heterocycles. The van der Waals surface area contributed by atoms with E-state index in [-0.39, 0.29) is 5.04 Å². The Morgan fingerprint density at radius 1 is 1.23 bits per heavy atom. The van der Waals surface area contributed by atoms with Crippen molar-refractivity contribution in [3.05, 3.63) is 35.7 Å². The number of hydrogen-bond donors (Lipinski definition) is 1. The highest BCUT2D eigenvalue weighted by Crippen LogP contribution is 2.37. The summed E-state index contributed by atoms with van der Waals surface area (Å²) in [5, 5.41) is 9.86. The van der Waals surface area contributed by atoms with Crippen LogP contribution in [0.25, 0.3) is 11.0 Å². The lowest BCUT2D eigenvalue weighted by Crippen LogP contribution is -2.40. The highest BCUT2D eigenvalue weighted by atomic mass is 28.4. The van der Waals surface area contributed by atoms with Gasteiger partial charge in [0.15, 0.2) is 8.32 Å². The third-order valence-corrected chi connectivity index (χ3v) is 8.96. The zero-order valence-corrected chi connectivity index (χ0v) is 15.3. The van der Waals surface area contributed by atoms with E-state index in [9.17, 15) is 5.11 Å². The highest BCUT2D eigenvalue weighted by molar-refractivity contribution is 6.74. The summed E-state index contributed by atoms with van der Waals surface area (Å²) >= 11 is 0. The number of benzene rings is 1. The van der Waals surface area contributed by atoms with Crippen LogP contribution in [0.15, 0.2) is 24.4 Å². The van der Waals surface area contributed by atoms with E-state index in [4.69, 9.17) is 4.43 Å². The summed E-state index contributed by atoms with van der Waals surface area (Å²) in [6, 6.07) is 5.67. The first kappa shape index (κ1) is 17.1. The largest absolute Gasteiger partial charge is 0.411 e. The van der Waals surface area contributed by atoms with E-state index in [0.717, 1.165) is 22.3 Å². The van der Waals surface area contributed by atoms with Crippen LogP contribution in [0.3, 0.4) is 0 Å². The summed E-state index contributed by atoms with van der Waals surface area (Å²) in [5.74, 6) is 0. The van der Waals surface area contributed by atoms with Crippen LogP contribution in [0, 0.1) is 0 Å². The summed E-state index contributed by atoms with van der Waals surface area (Å²) in [6.45, 7) is 13.4. The van der Waals surface area contributed by atoms with Crippen molar-refractivity contribution in [2.24, 2.45) is 0 Å². The zero-order valence-electron chi connectivity index (χ0n) is 14.3. The maximum Gasteiger partial charge on any atom is 0.192 e. The molecule has 1 unspecified atom stereocenters. The Balaban J connectivity index is 2.22. The van der Waals surface area contributed by atoms with Crippen molar-refractivity contribution < 1.29 is 9.53 Å². The van der Waals surface area contributed by atoms with Crippen LogP contribution >= 0.6 is 0 Å². The van der Waals surface area contributed by atoms with Crippen LogP contribution in [0.2, 0.25) is 18.1 Å². The van der Waals surface area contributed by atoms with E-state index in [1.165, 1.54) is 0 Å². The number of aromatic nitrogens is 2. The molecular formula is C17H26N2O2Si. The molecule has 1 atom stereocenters. The molecule has 0 radical (unpaired) electrons. The number of fused-ring (bicyclic) bond motifs is 1. The lowest BCUT2D eigenvalue weighted by molar-refractivity contribution is 0.199. The van der Waals surface area contributed by atoms with E-state index in [1.807, 2.05) is 18.2 Å². The van der Waals surface area contributed by atoms with Crippen molar-refractivity contribution in [3.8, 4) is 0 Å². The fourth-order valence-electron chi connectivity index (χ4n) is 1.87. The molecule has 0 spiro atoms. The number of hydrogen-bond acceptors (Lipinski definition) is 4. The Labute approximate surface area is 133 Å². The van der Waals surface area contributed by atoms with Crippen LogP contribution in [0.1, 0.15) is 45.1 Å². The van der Waals surface area contributed by atoms with E-state index >= 15 is 0 Å². The van der Waals surface area contributed by atoms with E-state index < -0.39 is 14.4 Å². The SMILES string of the molecule is CC(O)c1ccc2ncc(CO[Si](C)(C)C(C)(C)C)nc2c1. The molecule has 0 aliphatic heterocycles. The van der Waals surface area contributed by atoms with E-state index in [0.29, 0.717) is 6.61 Å². The maximum atomic E-state index is 9.68. The molecule has 0 saturated heterocycles. The summed E-state index contributed by atoms with van der Waals surface area (Å²) in [5.41, 5.74) is 3.32. The Bertz CT molecular complexity index is 663. The van der Waals surface area contributed by atoms with Crippen LogP contribution in [-0.2, 0) is 11.0 Å². The van der Waals surface area contributed by atoms with Crippen molar-refractivity contribution in [1.29, 1.82) is 0 Å². The van der Waals surface area contributed by atoms with Gasteiger partial charge in [0.25, 0.3) is 0 Å². The van der Waals surface area contributed by atoms with Crippen molar-refractivity contribution in [2.45, 2.75) is 58.5 Å². The van der Waals surface area contributed by atoms with Gasteiger partial charge in [0.05, 0.1) is 35.6 Å². The van der Waals surface area contributed by atoms with Gasteiger partial charge in [0.2, 0.25) is 0 Å². The first-order chi connectivity index (χ1) is 10.1. The third kappa shape index (κ3) is 3.72. The smallest absolute Gasteiger partial charge is 0.192 e. The standard InChI is InChI=1S/C17H26N2O2Si/c1-12(20)13-7-8-15-16(9-13)19-14(10-18-15)11-21-22(5,6)17(2,3)4/h7-10,12,20H,11H2,1-6H3. The predicted octanol–water partition coefficient (Wildman–Crippen LogP) is 4.20. The minimum Gasteiger partial charge on any atom is -0.411 e. The molecule has 0 fully saturated rings. The number of aliphatic hydroxyl groups is 1. The molecule has 22 heavy (non-hydrogen) atoms. The number of nitrogens with zero attached hydrogens (tertiary/aromatic N) is 2. The average Bonchev–Trinajstić information content (AvgIpc) is 2.43. The second-order valence-electron chi connectivity index (χ2n) is 7.33. The fourth-order valence-corrected chi connectivity index (χ4v) is 2.81. The Morgan fingerprint density at radius 2 is 1.91 bits per heavy atom. The second-order valence-corrected chi connectivity index (χ2v) is 12.1. The molecule has 1 heterocycles. The molecular weight excluding hydrogens is 292 g/mol. The molecule has 0 amide bonds. The Hall–Kier alpha value is -1.30. The molecule has 1 aromatic carbocycles. The molecule has 0 saturated carbocycles. The van der Waals surface area contributed by atoms with E-state index in [1.54, 1.807) is 13.1 Å². The third-order valence-electron chi connectivity index (χ3n) is 4.49. The quantitative estimate of drug-likeness (QED) is 0.858. The molecule has 5 heteroatoms. The average molecular weight is 318 g/mol. The molecule has 2 aromatic rings. The first-order valence-corrected chi connectivity index (χ1v) is 10.6. The molecule has 0 bridgehead atoms. The Morgan fingerprint density at radius 3 is 2.50 bits per heavy atom. The van der Waals surface area contributed by atoms with Gasteiger partial charge in [-0.05, 0) is 42.8 Å².